The maximum Gasteiger partial charge on any atom is 0.342 e. The number of hydrogen-bond donors (Lipinski definition) is 2. The van der Waals surface area contributed by atoms with Crippen LogP contribution in [0.3, 0.4) is 0 Å². The number of nitrogens with zero attached hydrogens (tertiary/aromatic N) is 1. The standard InChI is InChI=1S/C11H7IN2O3S/c12-6-1-3-7(4-2-6)14-9(15)8(10(16)17)5-13-11(14)18/h1-5H,(H,13,18)(H,16,17). The third kappa shape index (κ3) is 2.36. The molecule has 0 saturated carbocycles. The zero-order valence-electron chi connectivity index (χ0n) is 8.88. The van der Waals surface area contributed by atoms with E-state index in [4.69, 9.17) is 17.3 Å². The van der Waals surface area contributed by atoms with E-state index in [0.29, 0.717) is 5.69 Å². The first kappa shape index (κ1) is 13.0. The van der Waals surface area contributed by atoms with Crippen molar-refractivity contribution in [1.82, 2.24) is 9.55 Å². The number of carboxylic acids is 1. The predicted octanol–water partition coefficient (Wildman–Crippen LogP) is 2.20. The second-order valence-electron chi connectivity index (χ2n) is 3.43. The largest absolute Gasteiger partial charge is 0.477 e. The van der Waals surface area contributed by atoms with Gasteiger partial charge < -0.3 is 10.1 Å². The summed E-state index contributed by atoms with van der Waals surface area (Å²) >= 11 is 7.15. The van der Waals surface area contributed by atoms with Gasteiger partial charge in [-0.05, 0) is 59.1 Å². The minimum absolute atomic E-state index is 0.159. The van der Waals surface area contributed by atoms with Gasteiger partial charge in [-0.2, -0.15) is 0 Å². The smallest absolute Gasteiger partial charge is 0.342 e. The van der Waals surface area contributed by atoms with Crippen molar-refractivity contribution in [1.29, 1.82) is 0 Å². The first-order valence-corrected chi connectivity index (χ1v) is 6.33. The fourth-order valence-electron chi connectivity index (χ4n) is 1.45. The van der Waals surface area contributed by atoms with Gasteiger partial charge in [-0.15, -0.1) is 0 Å². The van der Waals surface area contributed by atoms with Crippen LogP contribution in [0, 0.1) is 8.34 Å². The van der Waals surface area contributed by atoms with Gasteiger partial charge in [-0.25, -0.2) is 4.79 Å². The molecule has 2 N–H and O–H groups in total. The Bertz CT molecular complexity index is 718. The number of rotatable bonds is 2. The van der Waals surface area contributed by atoms with Crippen LogP contribution in [-0.2, 0) is 0 Å². The van der Waals surface area contributed by atoms with Gasteiger partial charge in [0.15, 0.2) is 4.77 Å². The third-order valence-electron chi connectivity index (χ3n) is 2.29. The lowest BCUT2D eigenvalue weighted by Gasteiger charge is -2.06. The Labute approximate surface area is 120 Å². The van der Waals surface area contributed by atoms with Crippen LogP contribution in [-0.4, -0.2) is 20.6 Å². The highest BCUT2D eigenvalue weighted by molar-refractivity contribution is 14.1. The maximum absolute atomic E-state index is 12.0. The first-order chi connectivity index (χ1) is 8.50. The second kappa shape index (κ2) is 5.02. The number of halogens is 1. The Morgan fingerprint density at radius 2 is 1.94 bits per heavy atom. The summed E-state index contributed by atoms with van der Waals surface area (Å²) in [4.78, 5) is 25.5. The molecule has 1 aromatic heterocycles. The fourth-order valence-corrected chi connectivity index (χ4v) is 2.06. The van der Waals surface area contributed by atoms with Gasteiger partial charge in [0.2, 0.25) is 0 Å². The van der Waals surface area contributed by atoms with E-state index in [2.05, 4.69) is 27.6 Å². The van der Waals surface area contributed by atoms with Gasteiger partial charge in [-0.1, -0.05) is 0 Å². The van der Waals surface area contributed by atoms with E-state index < -0.39 is 11.5 Å². The zero-order valence-corrected chi connectivity index (χ0v) is 11.9. The van der Waals surface area contributed by atoms with Crippen LogP contribution in [0.5, 0.6) is 0 Å². The molecule has 18 heavy (non-hydrogen) atoms. The molecule has 2 aromatic rings. The average molecular weight is 374 g/mol. The van der Waals surface area contributed by atoms with Gasteiger partial charge in [0.1, 0.15) is 5.56 Å². The molecule has 0 radical (unpaired) electrons. The minimum Gasteiger partial charge on any atom is -0.477 e. The van der Waals surface area contributed by atoms with E-state index >= 15 is 0 Å². The summed E-state index contributed by atoms with van der Waals surface area (Å²) < 4.78 is 2.33. The van der Waals surface area contributed by atoms with E-state index in [-0.39, 0.29) is 10.3 Å². The Kier molecular flexibility index (Phi) is 3.62. The number of benzene rings is 1. The van der Waals surface area contributed by atoms with E-state index in [1.165, 1.54) is 0 Å². The number of aromatic amines is 1. The van der Waals surface area contributed by atoms with Gasteiger partial charge in [0.25, 0.3) is 5.56 Å². The molecule has 0 bridgehead atoms. The predicted molar refractivity (Wildman–Crippen MR) is 76.9 cm³/mol. The van der Waals surface area contributed by atoms with E-state index in [1.807, 2.05) is 12.1 Å². The summed E-state index contributed by atoms with van der Waals surface area (Å²) in [6, 6.07) is 7.03. The number of H-pyrrole nitrogens is 1. The molecule has 0 saturated heterocycles. The quantitative estimate of drug-likeness (QED) is 0.625. The SMILES string of the molecule is O=C(O)c1c[nH]c(=S)n(-c2ccc(I)cc2)c1=O. The Hall–Kier alpha value is -1.48. The number of nitrogens with one attached hydrogen (secondary N) is 1. The molecular weight excluding hydrogens is 367 g/mol. The molecule has 0 spiro atoms. The molecule has 0 aliphatic carbocycles. The van der Waals surface area contributed by atoms with E-state index in [0.717, 1.165) is 14.3 Å². The van der Waals surface area contributed by atoms with Crippen LogP contribution >= 0.6 is 34.8 Å². The molecule has 0 aliphatic heterocycles. The van der Waals surface area contributed by atoms with Crippen LogP contribution < -0.4 is 5.56 Å². The van der Waals surface area contributed by atoms with Crippen molar-refractivity contribution in [3.63, 3.8) is 0 Å². The molecule has 0 atom stereocenters. The van der Waals surface area contributed by atoms with Crippen LogP contribution in [0.25, 0.3) is 5.69 Å². The molecule has 0 fully saturated rings. The number of aromatic nitrogens is 2. The highest BCUT2D eigenvalue weighted by Crippen LogP contribution is 2.10. The van der Waals surface area contributed by atoms with Crippen LogP contribution in [0.4, 0.5) is 0 Å². The summed E-state index contributed by atoms with van der Waals surface area (Å²) in [6.45, 7) is 0. The van der Waals surface area contributed by atoms with Crippen LogP contribution in [0.15, 0.2) is 35.3 Å². The molecule has 0 aliphatic rings. The number of aromatic carboxylic acids is 1. The van der Waals surface area contributed by atoms with Crippen LogP contribution in [0.2, 0.25) is 0 Å². The van der Waals surface area contributed by atoms with Crippen molar-refractivity contribution in [2.24, 2.45) is 0 Å². The zero-order chi connectivity index (χ0) is 13.3. The lowest BCUT2D eigenvalue weighted by atomic mass is 10.3. The normalized spacial score (nSPS) is 10.3. The van der Waals surface area contributed by atoms with E-state index in [9.17, 15) is 9.59 Å². The monoisotopic (exact) mass is 374 g/mol. The fraction of sp³-hybridized carbons (Fsp3) is 0. The van der Waals surface area contributed by atoms with Gasteiger partial charge in [0, 0.05) is 9.77 Å². The first-order valence-electron chi connectivity index (χ1n) is 4.84. The van der Waals surface area contributed by atoms with Crippen molar-refractivity contribution in [2.45, 2.75) is 0 Å². The van der Waals surface area contributed by atoms with Crippen molar-refractivity contribution < 1.29 is 9.90 Å². The minimum atomic E-state index is -1.29. The lowest BCUT2D eigenvalue weighted by molar-refractivity contribution is 0.0694. The van der Waals surface area contributed by atoms with Crippen molar-refractivity contribution in [3.8, 4) is 5.69 Å². The molecule has 0 amide bonds. The molecule has 5 nitrogen and oxygen atoms in total. The van der Waals surface area contributed by atoms with E-state index in [1.54, 1.807) is 12.1 Å². The maximum atomic E-state index is 12.0. The van der Waals surface area contributed by atoms with Gasteiger partial charge in [-0.3, -0.25) is 9.36 Å². The summed E-state index contributed by atoms with van der Waals surface area (Å²) in [5.74, 6) is -1.29. The topological polar surface area (TPSA) is 75.1 Å². The molecule has 7 heteroatoms. The number of carboxylic acid groups (broad SMARTS) is 1. The number of hydrogen-bond acceptors (Lipinski definition) is 3. The Balaban J connectivity index is 2.75. The van der Waals surface area contributed by atoms with Crippen molar-refractivity contribution in [3.05, 3.63) is 54.7 Å². The van der Waals surface area contributed by atoms with Gasteiger partial charge in [0.05, 0.1) is 5.69 Å². The Morgan fingerprint density at radius 1 is 1.33 bits per heavy atom. The number of carbonyl (C=O) groups is 1. The Morgan fingerprint density at radius 3 is 2.50 bits per heavy atom. The van der Waals surface area contributed by atoms with Gasteiger partial charge >= 0.3 is 5.97 Å². The molecule has 1 aromatic carbocycles. The molecular formula is C11H7IN2O3S. The lowest BCUT2D eigenvalue weighted by Crippen LogP contribution is -2.26. The summed E-state index contributed by atoms with van der Waals surface area (Å²) in [7, 11) is 0. The third-order valence-corrected chi connectivity index (χ3v) is 3.31. The molecule has 92 valence electrons. The van der Waals surface area contributed by atoms with Crippen LogP contribution in [0.1, 0.15) is 10.4 Å². The summed E-state index contributed by atoms with van der Waals surface area (Å²) in [5, 5.41) is 8.90. The highest BCUT2D eigenvalue weighted by atomic mass is 127. The summed E-state index contributed by atoms with van der Waals surface area (Å²) in [5.41, 5.74) is -0.459. The van der Waals surface area contributed by atoms with Crippen molar-refractivity contribution >= 4 is 40.8 Å². The average Bonchev–Trinajstić information content (AvgIpc) is 2.31. The second-order valence-corrected chi connectivity index (χ2v) is 5.06. The molecule has 1 heterocycles. The molecule has 2 rings (SSSR count). The summed E-state index contributed by atoms with van der Waals surface area (Å²) in [6.07, 6.45) is 1.11. The molecule has 0 unspecified atom stereocenters. The van der Waals surface area contributed by atoms with Crippen molar-refractivity contribution in [2.75, 3.05) is 0 Å². The highest BCUT2D eigenvalue weighted by Gasteiger charge is 2.12.